The summed E-state index contributed by atoms with van der Waals surface area (Å²) in [7, 11) is 1.64. The van der Waals surface area contributed by atoms with E-state index < -0.39 is 0 Å². The Bertz CT molecular complexity index is 415. The minimum Gasteiger partial charge on any atom is -0.493 e. The molecule has 1 aliphatic heterocycles. The first-order valence-corrected chi connectivity index (χ1v) is 7.47. The number of rotatable bonds is 6. The quantitative estimate of drug-likeness (QED) is 0.642. The number of piperidine rings is 1. The highest BCUT2D eigenvalue weighted by atomic mass is 16.5. The zero-order valence-electron chi connectivity index (χ0n) is 12.6. The lowest BCUT2D eigenvalue weighted by molar-refractivity contribution is 0.176. The molecule has 0 unspecified atom stereocenters. The fourth-order valence-corrected chi connectivity index (χ4v) is 2.56. The molecule has 0 amide bonds. The number of benzene rings is 1. The van der Waals surface area contributed by atoms with Crippen molar-refractivity contribution in [2.75, 3.05) is 39.1 Å². The van der Waals surface area contributed by atoms with Gasteiger partial charge in [-0.3, -0.25) is 0 Å². The summed E-state index contributed by atoms with van der Waals surface area (Å²) >= 11 is 0. The van der Waals surface area contributed by atoms with Crippen molar-refractivity contribution < 1.29 is 9.47 Å². The van der Waals surface area contributed by atoms with Crippen LogP contribution in [0.2, 0.25) is 0 Å². The highest BCUT2D eigenvalue weighted by molar-refractivity contribution is 5.51. The van der Waals surface area contributed by atoms with Crippen molar-refractivity contribution in [3.05, 3.63) is 18.2 Å². The highest BCUT2D eigenvalue weighted by Gasteiger charge is 2.14. The molecule has 0 aliphatic carbocycles. The van der Waals surface area contributed by atoms with Crippen LogP contribution in [0.1, 0.15) is 26.2 Å². The number of nitrogens with two attached hydrogens (primary N) is 1. The molecule has 1 fully saturated rings. The molecule has 0 aromatic heterocycles. The number of nitrogens with zero attached hydrogens (tertiary/aromatic N) is 1. The number of hydrogen-bond acceptors (Lipinski definition) is 4. The van der Waals surface area contributed by atoms with Crippen LogP contribution < -0.4 is 15.2 Å². The van der Waals surface area contributed by atoms with Crippen LogP contribution in [-0.2, 0) is 0 Å². The molecular weight excluding hydrogens is 252 g/mol. The predicted octanol–water partition coefficient (Wildman–Crippen LogP) is 2.78. The van der Waals surface area contributed by atoms with Gasteiger partial charge in [-0.2, -0.15) is 0 Å². The highest BCUT2D eigenvalue weighted by Crippen LogP contribution is 2.29. The molecule has 1 aromatic carbocycles. The minimum atomic E-state index is 0.691. The maximum absolute atomic E-state index is 5.79. The number of hydrogen-bond donors (Lipinski definition) is 1. The summed E-state index contributed by atoms with van der Waals surface area (Å²) in [6, 6.07) is 5.50. The van der Waals surface area contributed by atoms with E-state index >= 15 is 0 Å². The molecule has 20 heavy (non-hydrogen) atoms. The van der Waals surface area contributed by atoms with Gasteiger partial charge in [0.25, 0.3) is 0 Å². The third-order valence-electron chi connectivity index (χ3n) is 3.94. The SMILES string of the molecule is COc1cc(N)ccc1OCCCN1CCC(C)CC1. The molecular formula is C16H26N2O2. The molecule has 2 N–H and O–H groups in total. The van der Waals surface area contributed by atoms with Crippen molar-refractivity contribution in [3.63, 3.8) is 0 Å². The van der Waals surface area contributed by atoms with Gasteiger partial charge in [-0.15, -0.1) is 0 Å². The Morgan fingerprint density at radius 1 is 1.25 bits per heavy atom. The third-order valence-corrected chi connectivity index (χ3v) is 3.94. The van der Waals surface area contributed by atoms with E-state index in [2.05, 4.69) is 11.8 Å². The molecule has 0 bridgehead atoms. The van der Waals surface area contributed by atoms with Crippen LogP contribution in [0.3, 0.4) is 0 Å². The lowest BCUT2D eigenvalue weighted by Crippen LogP contribution is -2.34. The lowest BCUT2D eigenvalue weighted by atomic mass is 9.99. The zero-order chi connectivity index (χ0) is 14.4. The second-order valence-electron chi connectivity index (χ2n) is 5.64. The molecule has 2 rings (SSSR count). The molecule has 0 spiro atoms. The van der Waals surface area contributed by atoms with E-state index in [-0.39, 0.29) is 0 Å². The fourth-order valence-electron chi connectivity index (χ4n) is 2.56. The number of ether oxygens (including phenoxy) is 2. The maximum Gasteiger partial charge on any atom is 0.162 e. The molecule has 112 valence electrons. The minimum absolute atomic E-state index is 0.691. The van der Waals surface area contributed by atoms with Crippen molar-refractivity contribution >= 4 is 5.69 Å². The van der Waals surface area contributed by atoms with Crippen molar-refractivity contribution in [2.45, 2.75) is 26.2 Å². The van der Waals surface area contributed by atoms with Gasteiger partial charge in [-0.25, -0.2) is 0 Å². The van der Waals surface area contributed by atoms with Crippen LogP contribution in [0, 0.1) is 5.92 Å². The van der Waals surface area contributed by atoms with Gasteiger partial charge in [0.2, 0.25) is 0 Å². The van der Waals surface area contributed by atoms with E-state index in [1.165, 1.54) is 25.9 Å². The van der Waals surface area contributed by atoms with E-state index in [9.17, 15) is 0 Å². The summed E-state index contributed by atoms with van der Waals surface area (Å²) in [6.07, 6.45) is 3.70. The third kappa shape index (κ3) is 4.30. The Hall–Kier alpha value is -1.42. The first-order valence-electron chi connectivity index (χ1n) is 7.47. The van der Waals surface area contributed by atoms with E-state index in [4.69, 9.17) is 15.2 Å². The first kappa shape index (κ1) is 15.0. The largest absolute Gasteiger partial charge is 0.493 e. The van der Waals surface area contributed by atoms with Gasteiger partial charge in [-0.1, -0.05) is 6.92 Å². The van der Waals surface area contributed by atoms with E-state index in [0.29, 0.717) is 18.0 Å². The summed E-state index contributed by atoms with van der Waals surface area (Å²) in [5.74, 6) is 2.37. The van der Waals surface area contributed by atoms with Gasteiger partial charge < -0.3 is 20.1 Å². The van der Waals surface area contributed by atoms with E-state index in [1.807, 2.05) is 12.1 Å². The summed E-state index contributed by atoms with van der Waals surface area (Å²) in [4.78, 5) is 2.53. The number of likely N-dealkylation sites (tertiary alicyclic amines) is 1. The molecule has 1 aromatic rings. The standard InChI is InChI=1S/C16H26N2O2/c1-13-6-9-18(10-7-13)8-3-11-20-15-5-4-14(17)12-16(15)19-2/h4-5,12-13H,3,6-11,17H2,1-2H3. The Labute approximate surface area is 121 Å². The van der Waals surface area contributed by atoms with Gasteiger partial charge in [0, 0.05) is 18.3 Å². The zero-order valence-corrected chi connectivity index (χ0v) is 12.6. The van der Waals surface area contributed by atoms with Crippen molar-refractivity contribution in [2.24, 2.45) is 5.92 Å². The van der Waals surface area contributed by atoms with E-state index in [1.54, 1.807) is 13.2 Å². The van der Waals surface area contributed by atoms with Gasteiger partial charge >= 0.3 is 0 Å². The Kier molecular flexibility index (Phi) is 5.53. The molecule has 0 atom stereocenters. The molecule has 4 heteroatoms. The van der Waals surface area contributed by atoms with Gasteiger partial charge in [0.05, 0.1) is 13.7 Å². The second-order valence-corrected chi connectivity index (χ2v) is 5.64. The monoisotopic (exact) mass is 278 g/mol. The lowest BCUT2D eigenvalue weighted by Gasteiger charge is -2.30. The molecule has 1 saturated heterocycles. The molecule has 1 aliphatic rings. The second kappa shape index (κ2) is 7.39. The van der Waals surface area contributed by atoms with Crippen LogP contribution in [-0.4, -0.2) is 38.3 Å². The predicted molar refractivity (Wildman–Crippen MR) is 82.4 cm³/mol. The summed E-state index contributed by atoms with van der Waals surface area (Å²) in [5, 5.41) is 0. The van der Waals surface area contributed by atoms with Crippen molar-refractivity contribution in [1.29, 1.82) is 0 Å². The van der Waals surface area contributed by atoms with Crippen LogP contribution in [0.15, 0.2) is 18.2 Å². The summed E-state index contributed by atoms with van der Waals surface area (Å²) < 4.78 is 11.1. The molecule has 4 nitrogen and oxygen atoms in total. The van der Waals surface area contributed by atoms with Gasteiger partial charge in [0.15, 0.2) is 11.5 Å². The average molecular weight is 278 g/mol. The summed E-state index contributed by atoms with van der Waals surface area (Å²) in [5.41, 5.74) is 6.42. The van der Waals surface area contributed by atoms with Crippen molar-refractivity contribution in [3.8, 4) is 11.5 Å². The molecule has 0 radical (unpaired) electrons. The van der Waals surface area contributed by atoms with Crippen LogP contribution in [0.5, 0.6) is 11.5 Å². The Morgan fingerprint density at radius 3 is 2.70 bits per heavy atom. The van der Waals surface area contributed by atoms with Gasteiger partial charge in [-0.05, 0) is 50.4 Å². The average Bonchev–Trinajstić information content (AvgIpc) is 2.46. The van der Waals surface area contributed by atoms with Crippen LogP contribution in [0.4, 0.5) is 5.69 Å². The smallest absolute Gasteiger partial charge is 0.162 e. The first-order chi connectivity index (χ1) is 9.69. The molecule has 0 saturated carbocycles. The van der Waals surface area contributed by atoms with Crippen molar-refractivity contribution in [1.82, 2.24) is 4.90 Å². The number of nitrogen functional groups attached to an aromatic ring is 1. The molecule has 1 heterocycles. The topological polar surface area (TPSA) is 47.7 Å². The number of methoxy groups -OCH3 is 1. The van der Waals surface area contributed by atoms with Crippen LogP contribution >= 0.6 is 0 Å². The fraction of sp³-hybridized carbons (Fsp3) is 0.625. The number of anilines is 1. The van der Waals surface area contributed by atoms with Gasteiger partial charge in [0.1, 0.15) is 0 Å². The maximum atomic E-state index is 5.79. The Morgan fingerprint density at radius 2 is 2.00 bits per heavy atom. The van der Waals surface area contributed by atoms with E-state index in [0.717, 1.165) is 24.6 Å². The Balaban J connectivity index is 1.71. The normalized spacial score (nSPS) is 17.1. The summed E-state index contributed by atoms with van der Waals surface area (Å²) in [6.45, 7) is 6.63. The van der Waals surface area contributed by atoms with Crippen LogP contribution in [0.25, 0.3) is 0 Å².